The van der Waals surface area contributed by atoms with Crippen molar-refractivity contribution in [2.45, 2.75) is 5.41 Å². The molecule has 1 atom stereocenters. The largest absolute Gasteiger partial charge is 0.309 e. The summed E-state index contributed by atoms with van der Waals surface area (Å²) in [7, 11) is 0. The minimum Gasteiger partial charge on any atom is -0.309 e. The number of hydrogen-bond donors (Lipinski definition) is 0. The third-order valence-corrected chi connectivity index (χ3v) is 14.6. The van der Waals surface area contributed by atoms with Crippen molar-refractivity contribution < 1.29 is 0 Å². The SMILES string of the molecule is c1ccc(-n2c3ccccc3c3cc(-c4ccc5c(c4)c4cc(-c6ccc7c(c6)C6(c8ccccc8-7)c7ccccc7-n7c6nc6ccccc67)ccc4n5-c4ccccc4)ccc32)cc1. The summed E-state index contributed by atoms with van der Waals surface area (Å²) >= 11 is 0. The summed E-state index contributed by atoms with van der Waals surface area (Å²) in [5.41, 5.74) is 21.0. The van der Waals surface area contributed by atoms with Crippen molar-refractivity contribution in [2.75, 3.05) is 0 Å². The lowest BCUT2D eigenvalue weighted by Crippen LogP contribution is -2.27. The zero-order valence-corrected chi connectivity index (χ0v) is 35.7. The zero-order valence-electron chi connectivity index (χ0n) is 35.7. The van der Waals surface area contributed by atoms with Crippen LogP contribution >= 0.6 is 0 Å². The second-order valence-corrected chi connectivity index (χ2v) is 17.9. The van der Waals surface area contributed by atoms with Gasteiger partial charge in [-0.2, -0.15) is 0 Å². The van der Waals surface area contributed by atoms with Crippen molar-refractivity contribution in [1.82, 2.24) is 18.7 Å². The molecule has 13 aromatic rings. The first-order valence-corrected chi connectivity index (χ1v) is 22.8. The van der Waals surface area contributed by atoms with Gasteiger partial charge in [-0.05, 0) is 141 Å². The third-order valence-electron chi connectivity index (χ3n) is 14.6. The lowest BCUT2D eigenvalue weighted by molar-refractivity contribution is 0.738. The number of aromatic nitrogens is 4. The Hall–Kier alpha value is -8.73. The van der Waals surface area contributed by atoms with E-state index in [-0.39, 0.29) is 0 Å². The Morgan fingerprint density at radius 3 is 1.44 bits per heavy atom. The molecule has 10 aromatic carbocycles. The average Bonchev–Trinajstić information content (AvgIpc) is 4.17. The van der Waals surface area contributed by atoms with E-state index >= 15 is 0 Å². The summed E-state index contributed by atoms with van der Waals surface area (Å²) in [6.45, 7) is 0. The van der Waals surface area contributed by atoms with Crippen molar-refractivity contribution in [3.8, 4) is 50.4 Å². The number of fused-ring (bicyclic) bond motifs is 18. The Morgan fingerprint density at radius 1 is 0.303 bits per heavy atom. The highest BCUT2D eigenvalue weighted by molar-refractivity contribution is 6.13. The number of rotatable bonds is 4. The van der Waals surface area contributed by atoms with E-state index in [1.165, 1.54) is 105 Å². The molecule has 2 aliphatic rings. The van der Waals surface area contributed by atoms with Gasteiger partial charge in [-0.25, -0.2) is 4.98 Å². The van der Waals surface area contributed by atoms with E-state index in [0.29, 0.717) is 0 Å². The van der Waals surface area contributed by atoms with Gasteiger partial charge in [0.1, 0.15) is 11.2 Å². The van der Waals surface area contributed by atoms with Crippen molar-refractivity contribution in [3.63, 3.8) is 0 Å². The van der Waals surface area contributed by atoms with Crippen molar-refractivity contribution in [1.29, 1.82) is 0 Å². The molecule has 1 aliphatic heterocycles. The average molecular weight is 839 g/mol. The minimum atomic E-state index is -0.561. The van der Waals surface area contributed by atoms with Crippen LogP contribution in [0.1, 0.15) is 22.5 Å². The molecule has 15 rings (SSSR count). The van der Waals surface area contributed by atoms with Gasteiger partial charge >= 0.3 is 0 Å². The van der Waals surface area contributed by atoms with Crippen LogP contribution in [0, 0.1) is 0 Å². The van der Waals surface area contributed by atoms with Gasteiger partial charge in [-0.3, -0.25) is 4.57 Å². The van der Waals surface area contributed by atoms with Gasteiger partial charge < -0.3 is 9.13 Å². The first-order valence-electron chi connectivity index (χ1n) is 22.8. The van der Waals surface area contributed by atoms with Crippen LogP contribution in [0.25, 0.3) is 105 Å². The van der Waals surface area contributed by atoms with Gasteiger partial charge in [0.2, 0.25) is 0 Å². The van der Waals surface area contributed by atoms with Crippen molar-refractivity contribution in [3.05, 3.63) is 253 Å². The number of nitrogens with zero attached hydrogens (tertiary/aromatic N) is 4. The highest BCUT2D eigenvalue weighted by Gasteiger charge is 2.54. The van der Waals surface area contributed by atoms with E-state index in [9.17, 15) is 0 Å². The van der Waals surface area contributed by atoms with Crippen LogP contribution in [-0.2, 0) is 5.41 Å². The van der Waals surface area contributed by atoms with Crippen LogP contribution < -0.4 is 0 Å². The fraction of sp³-hybridized carbons (Fsp3) is 0.0161. The predicted molar refractivity (Wildman–Crippen MR) is 271 cm³/mol. The third kappa shape index (κ3) is 4.64. The van der Waals surface area contributed by atoms with Gasteiger partial charge in [-0.15, -0.1) is 0 Å². The lowest BCUT2D eigenvalue weighted by atomic mass is 9.72. The Labute approximate surface area is 380 Å². The fourth-order valence-corrected chi connectivity index (χ4v) is 11.9. The molecule has 1 aliphatic carbocycles. The summed E-state index contributed by atoms with van der Waals surface area (Å²) in [6, 6.07) is 84.9. The van der Waals surface area contributed by atoms with Crippen LogP contribution in [0.5, 0.6) is 0 Å². The smallest absolute Gasteiger partial charge is 0.134 e. The maximum absolute atomic E-state index is 5.49. The molecular formula is C62H38N4. The molecule has 0 N–H and O–H groups in total. The Bertz CT molecular complexity index is 4170. The van der Waals surface area contributed by atoms with E-state index in [1.54, 1.807) is 0 Å². The highest BCUT2D eigenvalue weighted by Crippen LogP contribution is 2.61. The van der Waals surface area contributed by atoms with Gasteiger partial charge in [0.15, 0.2) is 0 Å². The number of benzene rings is 10. The summed E-state index contributed by atoms with van der Waals surface area (Å²) in [6.07, 6.45) is 0. The molecule has 4 nitrogen and oxygen atoms in total. The second kappa shape index (κ2) is 13.2. The monoisotopic (exact) mass is 838 g/mol. The molecule has 306 valence electrons. The van der Waals surface area contributed by atoms with Gasteiger partial charge in [0, 0.05) is 32.9 Å². The number of imidazole rings is 1. The van der Waals surface area contributed by atoms with E-state index in [4.69, 9.17) is 4.98 Å². The van der Waals surface area contributed by atoms with Crippen LogP contribution in [0.3, 0.4) is 0 Å². The second-order valence-electron chi connectivity index (χ2n) is 17.9. The molecule has 0 bridgehead atoms. The molecule has 1 spiro atoms. The van der Waals surface area contributed by atoms with Crippen LogP contribution in [0.15, 0.2) is 231 Å². The molecule has 0 amide bonds. The Balaban J connectivity index is 0.938. The van der Waals surface area contributed by atoms with Crippen LogP contribution in [0.2, 0.25) is 0 Å². The van der Waals surface area contributed by atoms with Gasteiger partial charge in [0.05, 0.1) is 38.8 Å². The van der Waals surface area contributed by atoms with E-state index < -0.39 is 5.41 Å². The standard InChI is InChI=1S/C62H38N4/c1-3-15-43(16-4-1)64-55-24-12-8-20-47(55)48-35-39(28-32-56(48)64)40-29-33-57-49(36-40)50-37-41(30-34-58(50)65(57)44-17-5-2-6-18-44)42-27-31-46-45-19-7-9-21-51(45)62(53(46)38-42)52-22-10-13-25-59(52)66-60-26-14-11-23-54(60)63-61(62)66/h1-38H. The normalized spacial score (nSPS) is 14.7. The van der Waals surface area contributed by atoms with Gasteiger partial charge in [0.25, 0.3) is 0 Å². The van der Waals surface area contributed by atoms with Crippen LogP contribution in [0.4, 0.5) is 0 Å². The maximum Gasteiger partial charge on any atom is 0.134 e. The Kier molecular flexibility index (Phi) is 7.12. The quantitative estimate of drug-likeness (QED) is 0.173. The highest BCUT2D eigenvalue weighted by atomic mass is 15.1. The zero-order chi connectivity index (χ0) is 43.1. The fourth-order valence-electron chi connectivity index (χ4n) is 11.9. The molecule has 4 heteroatoms. The van der Waals surface area contributed by atoms with E-state index in [0.717, 1.165) is 22.5 Å². The Morgan fingerprint density at radius 2 is 0.773 bits per heavy atom. The molecule has 0 radical (unpaired) electrons. The number of para-hydroxylation sites is 6. The molecule has 0 fully saturated rings. The summed E-state index contributed by atoms with van der Waals surface area (Å²) in [5.74, 6) is 1.06. The molecule has 4 heterocycles. The summed E-state index contributed by atoms with van der Waals surface area (Å²) < 4.78 is 7.21. The van der Waals surface area contributed by atoms with Crippen molar-refractivity contribution >= 4 is 54.6 Å². The summed E-state index contributed by atoms with van der Waals surface area (Å²) in [4.78, 5) is 5.49. The van der Waals surface area contributed by atoms with E-state index in [1.807, 2.05) is 0 Å². The first kappa shape index (κ1) is 35.7. The first-order chi connectivity index (χ1) is 32.7. The predicted octanol–water partition coefficient (Wildman–Crippen LogP) is 15.2. The lowest BCUT2D eigenvalue weighted by Gasteiger charge is -2.27. The molecular weight excluding hydrogens is 801 g/mol. The maximum atomic E-state index is 5.49. The molecule has 3 aromatic heterocycles. The molecule has 0 saturated heterocycles. The number of hydrogen-bond acceptors (Lipinski definition) is 1. The van der Waals surface area contributed by atoms with Gasteiger partial charge in [-0.1, -0.05) is 140 Å². The van der Waals surface area contributed by atoms with Crippen molar-refractivity contribution in [2.24, 2.45) is 0 Å². The summed E-state index contributed by atoms with van der Waals surface area (Å²) in [5, 5.41) is 4.95. The van der Waals surface area contributed by atoms with Crippen LogP contribution in [-0.4, -0.2) is 18.7 Å². The topological polar surface area (TPSA) is 27.7 Å². The van der Waals surface area contributed by atoms with E-state index in [2.05, 4.69) is 244 Å². The minimum absolute atomic E-state index is 0.561. The molecule has 66 heavy (non-hydrogen) atoms. The molecule has 0 saturated carbocycles. The molecule has 1 unspecified atom stereocenters.